The fourth-order valence-electron chi connectivity index (χ4n) is 4.54. The van der Waals surface area contributed by atoms with E-state index in [1.807, 2.05) is 6.92 Å². The number of aliphatic hydroxyl groups excluding tert-OH is 1. The first-order valence-corrected chi connectivity index (χ1v) is 5.39. The molecule has 0 aliphatic heterocycles. The van der Waals surface area contributed by atoms with Crippen molar-refractivity contribution >= 4 is 0 Å². The van der Waals surface area contributed by atoms with Crippen LogP contribution in [0.4, 0.5) is 0 Å². The Morgan fingerprint density at radius 3 is 2.17 bits per heavy atom. The van der Waals surface area contributed by atoms with E-state index in [0.717, 1.165) is 17.8 Å². The van der Waals surface area contributed by atoms with Gasteiger partial charge in [-0.2, -0.15) is 0 Å². The first-order chi connectivity index (χ1) is 5.71. The van der Waals surface area contributed by atoms with Crippen LogP contribution in [0.2, 0.25) is 0 Å². The van der Waals surface area contributed by atoms with E-state index in [4.69, 9.17) is 0 Å². The molecular weight excluding hydrogens is 148 g/mol. The minimum atomic E-state index is -0.0437. The molecule has 0 heterocycles. The van der Waals surface area contributed by atoms with Crippen LogP contribution in [0.15, 0.2) is 0 Å². The summed E-state index contributed by atoms with van der Waals surface area (Å²) in [6.45, 7) is 2.02. The van der Waals surface area contributed by atoms with E-state index in [1.54, 1.807) is 0 Å². The normalized spacial score (nSPS) is 58.0. The molecule has 4 fully saturated rings. The van der Waals surface area contributed by atoms with Crippen LogP contribution in [0.3, 0.4) is 0 Å². The lowest BCUT2D eigenvalue weighted by molar-refractivity contribution is 0.0137. The topological polar surface area (TPSA) is 20.2 Å². The predicted molar refractivity (Wildman–Crippen MR) is 47.7 cm³/mol. The van der Waals surface area contributed by atoms with Crippen molar-refractivity contribution in [2.45, 2.75) is 45.1 Å². The molecule has 0 aromatic heterocycles. The van der Waals surface area contributed by atoms with E-state index in [-0.39, 0.29) is 6.10 Å². The van der Waals surface area contributed by atoms with Gasteiger partial charge in [-0.25, -0.2) is 0 Å². The Morgan fingerprint density at radius 1 is 1.17 bits per heavy atom. The van der Waals surface area contributed by atoms with E-state index in [9.17, 15) is 5.11 Å². The summed E-state index contributed by atoms with van der Waals surface area (Å²) < 4.78 is 0. The zero-order chi connectivity index (χ0) is 8.34. The summed E-state index contributed by atoms with van der Waals surface area (Å²) in [5.74, 6) is 2.86. The van der Waals surface area contributed by atoms with E-state index < -0.39 is 0 Å². The quantitative estimate of drug-likeness (QED) is 0.633. The lowest BCUT2D eigenvalue weighted by atomic mass is 9.72. The maximum atomic E-state index is 9.85. The molecule has 1 N–H and O–H groups in total. The molecule has 68 valence electrons. The molecule has 4 saturated carbocycles. The minimum Gasteiger partial charge on any atom is -0.393 e. The molecule has 1 nitrogen and oxygen atoms in total. The molecule has 0 aromatic carbocycles. The summed E-state index contributed by atoms with van der Waals surface area (Å²) in [5.41, 5.74) is 0.383. The van der Waals surface area contributed by atoms with Gasteiger partial charge in [-0.15, -0.1) is 0 Å². The molecule has 4 rings (SSSR count). The van der Waals surface area contributed by atoms with Gasteiger partial charge in [0.15, 0.2) is 0 Å². The maximum Gasteiger partial charge on any atom is 0.0571 e. The van der Waals surface area contributed by atoms with Gasteiger partial charge in [0.2, 0.25) is 0 Å². The van der Waals surface area contributed by atoms with Crippen molar-refractivity contribution in [2.75, 3.05) is 0 Å². The van der Waals surface area contributed by atoms with Gasteiger partial charge in [-0.3, -0.25) is 0 Å². The molecule has 4 bridgehead atoms. The van der Waals surface area contributed by atoms with Crippen LogP contribution < -0.4 is 0 Å². The number of hydrogen-bond acceptors (Lipinski definition) is 1. The summed E-state index contributed by atoms with van der Waals surface area (Å²) in [5, 5.41) is 9.85. The van der Waals surface area contributed by atoms with E-state index in [0.29, 0.717) is 5.41 Å². The Bertz CT molecular complexity index is 195. The maximum absolute atomic E-state index is 9.85. The average molecular weight is 166 g/mol. The van der Waals surface area contributed by atoms with Gasteiger partial charge in [-0.1, -0.05) is 0 Å². The molecule has 0 saturated heterocycles. The number of hydrogen-bond donors (Lipinski definition) is 1. The summed E-state index contributed by atoms with van der Waals surface area (Å²) >= 11 is 0. The second-order valence-corrected chi connectivity index (χ2v) is 5.45. The fourth-order valence-corrected chi connectivity index (χ4v) is 4.54. The molecule has 4 aliphatic rings. The molecule has 3 unspecified atom stereocenters. The van der Waals surface area contributed by atoms with E-state index in [2.05, 4.69) is 0 Å². The molecule has 12 heavy (non-hydrogen) atoms. The molecule has 3 atom stereocenters. The fraction of sp³-hybridized carbons (Fsp3) is 1.00. The van der Waals surface area contributed by atoms with Crippen molar-refractivity contribution in [2.24, 2.45) is 23.2 Å². The third-order valence-corrected chi connectivity index (χ3v) is 4.88. The summed E-state index contributed by atoms with van der Waals surface area (Å²) in [6.07, 6.45) is 6.98. The molecule has 1 heteroatoms. The van der Waals surface area contributed by atoms with Gasteiger partial charge in [-0.05, 0) is 62.2 Å². The van der Waals surface area contributed by atoms with Crippen molar-refractivity contribution in [1.29, 1.82) is 0 Å². The third kappa shape index (κ3) is 0.693. The molecule has 4 aliphatic carbocycles. The van der Waals surface area contributed by atoms with Crippen molar-refractivity contribution in [3.8, 4) is 0 Å². The third-order valence-electron chi connectivity index (χ3n) is 4.88. The first kappa shape index (κ1) is 7.37. The van der Waals surface area contributed by atoms with Crippen LogP contribution in [-0.2, 0) is 0 Å². The number of rotatable bonds is 1. The van der Waals surface area contributed by atoms with Crippen molar-refractivity contribution in [3.63, 3.8) is 0 Å². The standard InChI is InChI=1S/C11H18O/c1-7(12)11-5-8-2-9(6-11)4-10(11)3-8/h7-10,12H,2-6H2,1H3. The number of aliphatic hydroxyl groups is 1. The van der Waals surface area contributed by atoms with Crippen LogP contribution in [0.1, 0.15) is 39.0 Å². The average Bonchev–Trinajstić information content (AvgIpc) is 2.37. The Hall–Kier alpha value is -0.0400. The second-order valence-electron chi connectivity index (χ2n) is 5.45. The van der Waals surface area contributed by atoms with Crippen LogP contribution in [-0.4, -0.2) is 11.2 Å². The molecule has 0 amide bonds. The molecular formula is C11H18O. The SMILES string of the molecule is CC(O)C12CC3CC(CC1C3)C2. The van der Waals surface area contributed by atoms with Crippen molar-refractivity contribution < 1.29 is 5.11 Å². The first-order valence-electron chi connectivity index (χ1n) is 5.39. The zero-order valence-electron chi connectivity index (χ0n) is 7.79. The summed E-state index contributed by atoms with van der Waals surface area (Å²) in [6, 6.07) is 0. The molecule has 0 aromatic rings. The molecule has 0 spiro atoms. The second kappa shape index (κ2) is 2.06. The largest absolute Gasteiger partial charge is 0.393 e. The van der Waals surface area contributed by atoms with Gasteiger partial charge in [0, 0.05) is 0 Å². The van der Waals surface area contributed by atoms with Crippen LogP contribution in [0, 0.1) is 23.2 Å². The van der Waals surface area contributed by atoms with Gasteiger partial charge >= 0.3 is 0 Å². The minimum absolute atomic E-state index is 0.0437. The highest BCUT2D eigenvalue weighted by molar-refractivity contribution is 5.09. The van der Waals surface area contributed by atoms with Crippen LogP contribution in [0.25, 0.3) is 0 Å². The molecule has 0 radical (unpaired) electrons. The Kier molecular flexibility index (Phi) is 1.27. The Morgan fingerprint density at radius 2 is 1.75 bits per heavy atom. The predicted octanol–water partition coefficient (Wildman–Crippen LogP) is 2.19. The Balaban J connectivity index is 1.98. The van der Waals surface area contributed by atoms with Crippen LogP contribution in [0.5, 0.6) is 0 Å². The lowest BCUT2D eigenvalue weighted by Crippen LogP contribution is -2.34. The van der Waals surface area contributed by atoms with Gasteiger partial charge in [0.1, 0.15) is 0 Å². The monoisotopic (exact) mass is 166 g/mol. The van der Waals surface area contributed by atoms with Crippen LogP contribution >= 0.6 is 0 Å². The summed E-state index contributed by atoms with van der Waals surface area (Å²) in [4.78, 5) is 0. The highest BCUT2D eigenvalue weighted by Crippen LogP contribution is 2.66. The summed E-state index contributed by atoms with van der Waals surface area (Å²) in [7, 11) is 0. The van der Waals surface area contributed by atoms with E-state index >= 15 is 0 Å². The van der Waals surface area contributed by atoms with Gasteiger partial charge in [0.05, 0.1) is 6.10 Å². The lowest BCUT2D eigenvalue weighted by Gasteiger charge is -2.35. The highest BCUT2D eigenvalue weighted by Gasteiger charge is 2.59. The van der Waals surface area contributed by atoms with Gasteiger partial charge < -0.3 is 5.11 Å². The highest BCUT2D eigenvalue weighted by atomic mass is 16.3. The Labute approximate surface area is 74.2 Å². The van der Waals surface area contributed by atoms with E-state index in [1.165, 1.54) is 32.1 Å². The smallest absolute Gasteiger partial charge is 0.0571 e. The zero-order valence-corrected chi connectivity index (χ0v) is 7.79. The van der Waals surface area contributed by atoms with Gasteiger partial charge in [0.25, 0.3) is 0 Å². The van der Waals surface area contributed by atoms with Crippen molar-refractivity contribution in [3.05, 3.63) is 0 Å². The van der Waals surface area contributed by atoms with Crippen molar-refractivity contribution in [1.82, 2.24) is 0 Å².